The smallest absolute Gasteiger partial charge is 0.253 e. The van der Waals surface area contributed by atoms with E-state index in [2.05, 4.69) is 12.3 Å². The number of nitrogens with one attached hydrogen (secondary N) is 1. The third kappa shape index (κ3) is 2.82. The summed E-state index contributed by atoms with van der Waals surface area (Å²) in [6.07, 6.45) is 3.52. The lowest BCUT2D eigenvalue weighted by molar-refractivity contribution is 0.0671. The zero-order valence-electron chi connectivity index (χ0n) is 10.9. The van der Waals surface area contributed by atoms with Gasteiger partial charge in [-0.1, -0.05) is 13.3 Å². The molecular formula is C14H21N3O. The molecule has 1 unspecified atom stereocenters. The first-order valence-corrected chi connectivity index (χ1v) is 6.60. The van der Waals surface area contributed by atoms with E-state index in [4.69, 9.17) is 5.84 Å². The number of benzene rings is 1. The second kappa shape index (κ2) is 5.87. The fraction of sp³-hybridized carbons (Fsp3) is 0.500. The maximum Gasteiger partial charge on any atom is 0.253 e. The Morgan fingerprint density at radius 3 is 2.78 bits per heavy atom. The molecular weight excluding hydrogens is 226 g/mol. The third-order valence-corrected chi connectivity index (χ3v) is 3.68. The van der Waals surface area contributed by atoms with Crippen LogP contribution in [0.5, 0.6) is 0 Å². The molecule has 98 valence electrons. The SMILES string of the molecule is CCC1CCCN(C(=O)c2ccc(NN)cc2)C1. The van der Waals surface area contributed by atoms with Gasteiger partial charge in [0.15, 0.2) is 0 Å². The van der Waals surface area contributed by atoms with Crippen LogP contribution in [-0.2, 0) is 0 Å². The number of nitrogens with zero attached hydrogens (tertiary/aromatic N) is 1. The highest BCUT2D eigenvalue weighted by molar-refractivity contribution is 5.94. The molecule has 4 nitrogen and oxygen atoms in total. The van der Waals surface area contributed by atoms with Crippen LogP contribution in [0, 0.1) is 5.92 Å². The predicted molar refractivity (Wildman–Crippen MR) is 73.2 cm³/mol. The van der Waals surface area contributed by atoms with Gasteiger partial charge < -0.3 is 10.3 Å². The Morgan fingerprint density at radius 2 is 2.17 bits per heavy atom. The van der Waals surface area contributed by atoms with Crippen LogP contribution in [0.2, 0.25) is 0 Å². The minimum atomic E-state index is 0.136. The molecule has 1 saturated heterocycles. The predicted octanol–water partition coefficient (Wildman–Crippen LogP) is 2.23. The van der Waals surface area contributed by atoms with Crippen LogP contribution in [0.15, 0.2) is 24.3 Å². The average molecular weight is 247 g/mol. The first-order valence-electron chi connectivity index (χ1n) is 6.60. The number of carbonyl (C=O) groups excluding carboxylic acids is 1. The van der Waals surface area contributed by atoms with Crippen LogP contribution < -0.4 is 11.3 Å². The van der Waals surface area contributed by atoms with E-state index >= 15 is 0 Å². The maximum atomic E-state index is 12.3. The summed E-state index contributed by atoms with van der Waals surface area (Å²) in [5, 5.41) is 0. The molecule has 3 N–H and O–H groups in total. The number of likely N-dealkylation sites (tertiary alicyclic amines) is 1. The molecule has 1 aliphatic rings. The van der Waals surface area contributed by atoms with E-state index < -0.39 is 0 Å². The summed E-state index contributed by atoms with van der Waals surface area (Å²) in [5.74, 6) is 6.11. The number of hydrogen-bond donors (Lipinski definition) is 2. The molecule has 1 aliphatic heterocycles. The summed E-state index contributed by atoms with van der Waals surface area (Å²) in [6, 6.07) is 7.31. The number of carbonyl (C=O) groups is 1. The van der Waals surface area contributed by atoms with E-state index in [1.807, 2.05) is 29.2 Å². The number of hydrazine groups is 1. The lowest BCUT2D eigenvalue weighted by Crippen LogP contribution is -2.39. The Labute approximate surface area is 108 Å². The highest BCUT2D eigenvalue weighted by Gasteiger charge is 2.23. The van der Waals surface area contributed by atoms with E-state index in [1.165, 1.54) is 6.42 Å². The highest BCUT2D eigenvalue weighted by Crippen LogP contribution is 2.21. The molecule has 4 heteroatoms. The average Bonchev–Trinajstić information content (AvgIpc) is 2.46. The summed E-state index contributed by atoms with van der Waals surface area (Å²) < 4.78 is 0. The molecule has 0 spiro atoms. The number of anilines is 1. The fourth-order valence-corrected chi connectivity index (χ4v) is 2.47. The van der Waals surface area contributed by atoms with Crippen LogP contribution in [0.3, 0.4) is 0 Å². The lowest BCUT2D eigenvalue weighted by atomic mass is 9.95. The van der Waals surface area contributed by atoms with Crippen molar-refractivity contribution in [3.63, 3.8) is 0 Å². The largest absolute Gasteiger partial charge is 0.338 e. The van der Waals surface area contributed by atoms with E-state index in [0.29, 0.717) is 5.92 Å². The summed E-state index contributed by atoms with van der Waals surface area (Å²) in [6.45, 7) is 3.97. The van der Waals surface area contributed by atoms with Crippen molar-refractivity contribution in [2.24, 2.45) is 11.8 Å². The monoisotopic (exact) mass is 247 g/mol. The van der Waals surface area contributed by atoms with Crippen molar-refractivity contribution < 1.29 is 4.79 Å². The Morgan fingerprint density at radius 1 is 1.44 bits per heavy atom. The van der Waals surface area contributed by atoms with E-state index in [-0.39, 0.29) is 5.91 Å². The summed E-state index contributed by atoms with van der Waals surface area (Å²) in [7, 11) is 0. The summed E-state index contributed by atoms with van der Waals surface area (Å²) >= 11 is 0. The number of nitrogens with two attached hydrogens (primary N) is 1. The molecule has 0 aliphatic carbocycles. The zero-order valence-corrected chi connectivity index (χ0v) is 10.9. The second-order valence-electron chi connectivity index (χ2n) is 4.89. The molecule has 1 fully saturated rings. The molecule has 0 aromatic heterocycles. The van der Waals surface area contributed by atoms with Crippen LogP contribution in [0.1, 0.15) is 36.5 Å². The number of amides is 1. The van der Waals surface area contributed by atoms with Gasteiger partial charge in [-0.2, -0.15) is 0 Å². The van der Waals surface area contributed by atoms with Crippen LogP contribution in [0.4, 0.5) is 5.69 Å². The van der Waals surface area contributed by atoms with Gasteiger partial charge in [0.05, 0.1) is 0 Å². The molecule has 1 aromatic carbocycles. The molecule has 0 bridgehead atoms. The highest BCUT2D eigenvalue weighted by atomic mass is 16.2. The van der Waals surface area contributed by atoms with Gasteiger partial charge in [-0.25, -0.2) is 0 Å². The Kier molecular flexibility index (Phi) is 4.20. The van der Waals surface area contributed by atoms with Crippen LogP contribution in [-0.4, -0.2) is 23.9 Å². The topological polar surface area (TPSA) is 58.4 Å². The van der Waals surface area contributed by atoms with E-state index in [1.54, 1.807) is 0 Å². The fourth-order valence-electron chi connectivity index (χ4n) is 2.47. The second-order valence-corrected chi connectivity index (χ2v) is 4.89. The number of nitrogen functional groups attached to an aromatic ring is 1. The first-order chi connectivity index (χ1) is 8.74. The lowest BCUT2D eigenvalue weighted by Gasteiger charge is -2.32. The van der Waals surface area contributed by atoms with Gasteiger partial charge >= 0.3 is 0 Å². The van der Waals surface area contributed by atoms with Crippen molar-refractivity contribution in [3.8, 4) is 0 Å². The van der Waals surface area contributed by atoms with Crippen molar-refractivity contribution >= 4 is 11.6 Å². The van der Waals surface area contributed by atoms with Crippen LogP contribution >= 0.6 is 0 Å². The maximum absolute atomic E-state index is 12.3. The standard InChI is InChI=1S/C14H21N3O/c1-2-11-4-3-9-17(10-11)14(18)12-5-7-13(16-15)8-6-12/h5-8,11,16H,2-4,9-10,15H2,1H3. The number of rotatable bonds is 3. The van der Waals surface area contributed by atoms with Crippen molar-refractivity contribution in [2.45, 2.75) is 26.2 Å². The van der Waals surface area contributed by atoms with E-state index in [0.717, 1.165) is 37.2 Å². The molecule has 1 heterocycles. The molecule has 1 atom stereocenters. The molecule has 1 amide bonds. The van der Waals surface area contributed by atoms with Crippen molar-refractivity contribution in [1.82, 2.24) is 4.90 Å². The number of piperidine rings is 1. The Bertz CT molecular complexity index is 402. The zero-order chi connectivity index (χ0) is 13.0. The van der Waals surface area contributed by atoms with Gasteiger partial charge in [0, 0.05) is 24.3 Å². The molecule has 0 saturated carbocycles. The molecule has 2 rings (SSSR count). The van der Waals surface area contributed by atoms with Crippen molar-refractivity contribution in [2.75, 3.05) is 18.5 Å². The van der Waals surface area contributed by atoms with Crippen molar-refractivity contribution in [3.05, 3.63) is 29.8 Å². The minimum Gasteiger partial charge on any atom is -0.338 e. The molecule has 18 heavy (non-hydrogen) atoms. The normalized spacial score (nSPS) is 19.7. The minimum absolute atomic E-state index is 0.136. The molecule has 0 radical (unpaired) electrons. The van der Waals surface area contributed by atoms with Crippen LogP contribution in [0.25, 0.3) is 0 Å². The summed E-state index contributed by atoms with van der Waals surface area (Å²) in [5.41, 5.74) is 4.12. The quantitative estimate of drug-likeness (QED) is 0.636. The van der Waals surface area contributed by atoms with Crippen molar-refractivity contribution in [1.29, 1.82) is 0 Å². The van der Waals surface area contributed by atoms with E-state index in [9.17, 15) is 4.79 Å². The Balaban J connectivity index is 2.05. The number of hydrogen-bond acceptors (Lipinski definition) is 3. The third-order valence-electron chi connectivity index (χ3n) is 3.68. The van der Waals surface area contributed by atoms with Gasteiger partial charge in [-0.3, -0.25) is 10.6 Å². The summed E-state index contributed by atoms with van der Waals surface area (Å²) in [4.78, 5) is 14.3. The molecule has 1 aromatic rings. The van der Waals surface area contributed by atoms with Gasteiger partial charge in [0.1, 0.15) is 0 Å². The first kappa shape index (κ1) is 12.9. The Hall–Kier alpha value is -1.55. The van der Waals surface area contributed by atoms with Gasteiger partial charge in [0.25, 0.3) is 5.91 Å². The van der Waals surface area contributed by atoms with Gasteiger partial charge in [-0.05, 0) is 43.0 Å². The van der Waals surface area contributed by atoms with Gasteiger partial charge in [-0.15, -0.1) is 0 Å². The van der Waals surface area contributed by atoms with Gasteiger partial charge in [0.2, 0.25) is 0 Å².